The summed E-state index contributed by atoms with van der Waals surface area (Å²) in [6.07, 6.45) is 0.556. The van der Waals surface area contributed by atoms with Crippen molar-refractivity contribution in [3.8, 4) is 11.8 Å². The topological polar surface area (TPSA) is 59.3 Å². The molecule has 3 rings (SSSR count). The number of esters is 1. The zero-order chi connectivity index (χ0) is 21.2. The van der Waals surface area contributed by atoms with Crippen LogP contribution in [0.4, 0.5) is 0 Å². The van der Waals surface area contributed by atoms with Crippen molar-refractivity contribution < 1.29 is 14.3 Å². The first-order valence-electron chi connectivity index (χ1n) is 10.1. The van der Waals surface area contributed by atoms with E-state index in [1.807, 2.05) is 84.9 Å². The van der Waals surface area contributed by atoms with E-state index in [1.165, 1.54) is 0 Å². The molecule has 3 aromatic rings. The van der Waals surface area contributed by atoms with Crippen LogP contribution in [-0.4, -0.2) is 12.6 Å². The number of rotatable bonds is 9. The van der Waals surface area contributed by atoms with Crippen molar-refractivity contribution >= 4 is 5.97 Å². The SMILES string of the molecule is CCOC(=O)C(C#N)C(Cc1ccc(OCc2ccccc2)cc1)c1ccccc1. The van der Waals surface area contributed by atoms with E-state index >= 15 is 0 Å². The fraction of sp³-hybridized carbons (Fsp3) is 0.231. The Bertz CT molecular complexity index is 963. The highest BCUT2D eigenvalue weighted by atomic mass is 16.5. The van der Waals surface area contributed by atoms with Gasteiger partial charge in [0.2, 0.25) is 0 Å². The lowest BCUT2D eigenvalue weighted by atomic mass is 9.82. The van der Waals surface area contributed by atoms with Crippen LogP contribution in [0.2, 0.25) is 0 Å². The van der Waals surface area contributed by atoms with Gasteiger partial charge in [-0.15, -0.1) is 0 Å². The molecular formula is C26H25NO3. The van der Waals surface area contributed by atoms with Crippen LogP contribution in [0, 0.1) is 17.2 Å². The molecule has 0 heterocycles. The predicted octanol–water partition coefficient (Wildman–Crippen LogP) is 5.29. The van der Waals surface area contributed by atoms with E-state index in [9.17, 15) is 10.1 Å². The Hall–Kier alpha value is -3.58. The van der Waals surface area contributed by atoms with Crippen LogP contribution in [0.1, 0.15) is 29.5 Å². The molecule has 0 bridgehead atoms. The Kier molecular flexibility index (Phi) is 7.63. The summed E-state index contributed by atoms with van der Waals surface area (Å²) in [5, 5.41) is 9.68. The largest absolute Gasteiger partial charge is 0.489 e. The van der Waals surface area contributed by atoms with Gasteiger partial charge in [0.1, 0.15) is 12.4 Å². The van der Waals surface area contributed by atoms with Gasteiger partial charge in [-0.2, -0.15) is 5.26 Å². The Balaban J connectivity index is 1.74. The van der Waals surface area contributed by atoms with Crippen molar-refractivity contribution in [3.63, 3.8) is 0 Å². The average Bonchev–Trinajstić information content (AvgIpc) is 2.80. The van der Waals surface area contributed by atoms with Crippen molar-refractivity contribution in [1.29, 1.82) is 5.26 Å². The van der Waals surface area contributed by atoms with E-state index in [0.29, 0.717) is 13.0 Å². The predicted molar refractivity (Wildman–Crippen MR) is 116 cm³/mol. The highest BCUT2D eigenvalue weighted by Gasteiger charge is 2.31. The molecule has 152 valence electrons. The molecule has 0 saturated heterocycles. The van der Waals surface area contributed by atoms with Crippen LogP contribution in [0.15, 0.2) is 84.9 Å². The summed E-state index contributed by atoms with van der Waals surface area (Å²) in [7, 11) is 0. The third-order valence-electron chi connectivity index (χ3n) is 4.94. The van der Waals surface area contributed by atoms with Gasteiger partial charge in [-0.3, -0.25) is 4.79 Å². The molecule has 0 aliphatic heterocycles. The number of carbonyl (C=O) groups excluding carboxylic acids is 1. The lowest BCUT2D eigenvalue weighted by Crippen LogP contribution is -2.25. The first kappa shape index (κ1) is 21.1. The molecule has 4 heteroatoms. The van der Waals surface area contributed by atoms with Crippen LogP contribution in [0.3, 0.4) is 0 Å². The van der Waals surface area contributed by atoms with Crippen molar-refractivity contribution in [3.05, 3.63) is 102 Å². The van der Waals surface area contributed by atoms with Gasteiger partial charge >= 0.3 is 5.97 Å². The van der Waals surface area contributed by atoms with Gasteiger partial charge in [0, 0.05) is 5.92 Å². The Morgan fingerprint density at radius 2 is 1.53 bits per heavy atom. The highest BCUT2D eigenvalue weighted by molar-refractivity contribution is 5.76. The van der Waals surface area contributed by atoms with Gasteiger partial charge in [0.15, 0.2) is 5.92 Å². The van der Waals surface area contributed by atoms with Crippen molar-refractivity contribution in [2.45, 2.75) is 25.9 Å². The van der Waals surface area contributed by atoms with Gasteiger partial charge < -0.3 is 9.47 Å². The molecule has 0 aliphatic rings. The highest BCUT2D eigenvalue weighted by Crippen LogP contribution is 2.30. The lowest BCUT2D eigenvalue weighted by molar-refractivity contribution is -0.146. The van der Waals surface area contributed by atoms with Crippen LogP contribution in [0.5, 0.6) is 5.75 Å². The van der Waals surface area contributed by atoms with Gasteiger partial charge in [-0.1, -0.05) is 72.8 Å². The van der Waals surface area contributed by atoms with Gasteiger partial charge in [0.25, 0.3) is 0 Å². The molecule has 2 atom stereocenters. The fourth-order valence-corrected chi connectivity index (χ4v) is 3.38. The first-order valence-corrected chi connectivity index (χ1v) is 10.1. The number of nitrogens with zero attached hydrogens (tertiary/aromatic N) is 1. The molecule has 0 N–H and O–H groups in total. The number of nitriles is 1. The maximum absolute atomic E-state index is 12.4. The zero-order valence-electron chi connectivity index (χ0n) is 17.0. The fourth-order valence-electron chi connectivity index (χ4n) is 3.38. The monoisotopic (exact) mass is 399 g/mol. The maximum Gasteiger partial charge on any atom is 0.323 e. The minimum Gasteiger partial charge on any atom is -0.489 e. The maximum atomic E-state index is 12.4. The standard InChI is InChI=1S/C26H25NO3/c1-2-29-26(28)25(18-27)24(22-11-7-4-8-12-22)17-20-13-15-23(16-14-20)30-19-21-9-5-3-6-10-21/h3-16,24-25H,2,17,19H2,1H3. The molecule has 3 aromatic carbocycles. The van der Waals surface area contributed by atoms with Gasteiger partial charge in [-0.25, -0.2) is 0 Å². The molecule has 30 heavy (non-hydrogen) atoms. The molecule has 0 aromatic heterocycles. The van der Waals surface area contributed by atoms with Crippen molar-refractivity contribution in [2.75, 3.05) is 6.61 Å². The molecular weight excluding hydrogens is 374 g/mol. The number of ether oxygens (including phenoxy) is 2. The Morgan fingerprint density at radius 3 is 2.13 bits per heavy atom. The summed E-state index contributed by atoms with van der Waals surface area (Å²) in [4.78, 5) is 12.4. The minimum atomic E-state index is -0.860. The second kappa shape index (κ2) is 10.8. The molecule has 0 aliphatic carbocycles. The van der Waals surface area contributed by atoms with E-state index in [1.54, 1.807) is 6.92 Å². The van der Waals surface area contributed by atoms with E-state index < -0.39 is 11.9 Å². The summed E-state index contributed by atoms with van der Waals surface area (Å²) < 4.78 is 11.0. The van der Waals surface area contributed by atoms with Gasteiger partial charge in [0.05, 0.1) is 12.7 Å². The lowest BCUT2D eigenvalue weighted by Gasteiger charge is -2.21. The number of hydrogen-bond acceptors (Lipinski definition) is 4. The summed E-state index contributed by atoms with van der Waals surface area (Å²) in [5.74, 6) is -0.842. The van der Waals surface area contributed by atoms with Crippen LogP contribution in [-0.2, 0) is 22.6 Å². The zero-order valence-corrected chi connectivity index (χ0v) is 17.0. The average molecular weight is 399 g/mol. The summed E-state index contributed by atoms with van der Waals surface area (Å²) in [5.41, 5.74) is 3.08. The third kappa shape index (κ3) is 5.71. The van der Waals surface area contributed by atoms with Crippen LogP contribution >= 0.6 is 0 Å². The van der Waals surface area contributed by atoms with E-state index in [0.717, 1.165) is 22.4 Å². The second-order valence-electron chi connectivity index (χ2n) is 7.00. The number of benzene rings is 3. The molecule has 4 nitrogen and oxygen atoms in total. The Morgan fingerprint density at radius 1 is 0.900 bits per heavy atom. The van der Waals surface area contributed by atoms with E-state index in [2.05, 4.69) is 6.07 Å². The Labute approximate surface area is 177 Å². The van der Waals surface area contributed by atoms with E-state index in [-0.39, 0.29) is 12.5 Å². The smallest absolute Gasteiger partial charge is 0.323 e. The van der Waals surface area contributed by atoms with Crippen LogP contribution in [0.25, 0.3) is 0 Å². The summed E-state index contributed by atoms with van der Waals surface area (Å²) >= 11 is 0. The molecule has 2 unspecified atom stereocenters. The van der Waals surface area contributed by atoms with Crippen molar-refractivity contribution in [1.82, 2.24) is 0 Å². The summed E-state index contributed by atoms with van der Waals surface area (Å²) in [6.45, 7) is 2.51. The molecule has 0 radical (unpaired) electrons. The first-order chi connectivity index (χ1) is 14.7. The number of carbonyl (C=O) groups is 1. The quantitative estimate of drug-likeness (QED) is 0.459. The van der Waals surface area contributed by atoms with Gasteiger partial charge in [-0.05, 0) is 42.2 Å². The molecule has 0 saturated carbocycles. The third-order valence-corrected chi connectivity index (χ3v) is 4.94. The molecule has 0 fully saturated rings. The normalized spacial score (nSPS) is 12.4. The second-order valence-corrected chi connectivity index (χ2v) is 7.00. The minimum absolute atomic E-state index is 0.256. The summed E-state index contributed by atoms with van der Waals surface area (Å²) in [6, 6.07) is 29.6. The van der Waals surface area contributed by atoms with Crippen molar-refractivity contribution in [2.24, 2.45) is 5.92 Å². The number of hydrogen-bond donors (Lipinski definition) is 0. The van der Waals surface area contributed by atoms with E-state index in [4.69, 9.17) is 9.47 Å². The molecule has 0 spiro atoms. The van der Waals surface area contributed by atoms with Crippen LogP contribution < -0.4 is 4.74 Å². The molecule has 0 amide bonds.